The molecule has 0 atom stereocenters. The normalized spacial score (nSPS) is 24.8. The van der Waals surface area contributed by atoms with Crippen molar-refractivity contribution < 1.29 is 37.2 Å². The summed E-state index contributed by atoms with van der Waals surface area (Å²) in [5.41, 5.74) is 8.38. The molecule has 6 aliphatic rings. The van der Waals surface area contributed by atoms with Crippen molar-refractivity contribution in [3.63, 3.8) is 0 Å². The Morgan fingerprint density at radius 3 is 0.833 bits per heavy atom. The van der Waals surface area contributed by atoms with Crippen molar-refractivity contribution in [3.05, 3.63) is 107 Å². The van der Waals surface area contributed by atoms with E-state index in [1.54, 1.807) is 0 Å². The highest BCUT2D eigenvalue weighted by Gasteiger charge is 2.58. The molecule has 4 saturated heterocycles. The molecule has 0 saturated carbocycles. The maximum atomic E-state index is 6.71. The first-order valence-electron chi connectivity index (χ1n) is 21.5. The topological polar surface area (TPSA) is 73.8 Å². The highest BCUT2D eigenvalue weighted by Crippen LogP contribution is 2.62. The van der Waals surface area contributed by atoms with Crippen LogP contribution in [-0.4, -0.2) is 67.7 Å². The van der Waals surface area contributed by atoms with Gasteiger partial charge in [-0.05, 0) is 163 Å². The lowest BCUT2D eigenvalue weighted by Crippen LogP contribution is -2.41. The molecule has 4 aromatic rings. The number of rotatable bonds is 4. The summed E-state index contributed by atoms with van der Waals surface area (Å²) in [5, 5.41) is 0. The minimum Gasteiger partial charge on any atom is -0.534 e. The second-order valence-electron chi connectivity index (χ2n) is 21.2. The van der Waals surface area contributed by atoms with Crippen LogP contribution < -0.4 is 21.9 Å². The van der Waals surface area contributed by atoms with Crippen LogP contribution in [0.25, 0.3) is 22.3 Å². The van der Waals surface area contributed by atoms with Crippen LogP contribution in [0.1, 0.15) is 119 Å². The summed E-state index contributed by atoms with van der Waals surface area (Å²) in [6, 6.07) is 26.8. The number of fused-ring (bicyclic) bond motifs is 10. The average Bonchev–Trinajstić information content (AvgIpc) is 3.89. The third kappa shape index (κ3) is 5.47. The number of hydrogen-bond donors (Lipinski definition) is 0. The van der Waals surface area contributed by atoms with Crippen molar-refractivity contribution in [2.75, 3.05) is 0 Å². The maximum absolute atomic E-state index is 6.71. The van der Waals surface area contributed by atoms with Gasteiger partial charge >= 0.3 is 28.5 Å². The summed E-state index contributed by atoms with van der Waals surface area (Å²) >= 11 is 0. The van der Waals surface area contributed by atoms with Gasteiger partial charge in [0.15, 0.2) is 0 Å². The average molecular weight is 804 g/mol. The predicted octanol–water partition coefficient (Wildman–Crippen LogP) is 6.96. The Hall–Kier alpha value is -3.60. The summed E-state index contributed by atoms with van der Waals surface area (Å²) in [4.78, 5) is 0. The van der Waals surface area contributed by atoms with Gasteiger partial charge in [0.25, 0.3) is 0 Å². The first kappa shape index (κ1) is 40.5. The molecule has 0 N–H and O–H groups in total. The fourth-order valence-electron chi connectivity index (χ4n) is 9.59. The lowest BCUT2D eigenvalue weighted by molar-refractivity contribution is 0.00578. The first-order chi connectivity index (χ1) is 27.8. The second-order valence-corrected chi connectivity index (χ2v) is 21.2. The highest BCUT2D eigenvalue weighted by molar-refractivity contribution is 6.64. The van der Waals surface area contributed by atoms with Crippen LogP contribution >= 0.6 is 0 Å². The van der Waals surface area contributed by atoms with E-state index in [0.29, 0.717) is 5.76 Å². The molecule has 0 amide bonds. The lowest BCUT2D eigenvalue weighted by Gasteiger charge is -2.32. The Morgan fingerprint density at radius 1 is 0.350 bits per heavy atom. The van der Waals surface area contributed by atoms with Gasteiger partial charge in [0, 0.05) is 0 Å². The van der Waals surface area contributed by atoms with Gasteiger partial charge in [0.05, 0.1) is 44.8 Å². The summed E-state index contributed by atoms with van der Waals surface area (Å²) in [7, 11) is -2.29. The van der Waals surface area contributed by atoms with E-state index in [0.717, 1.165) is 66.4 Å². The van der Waals surface area contributed by atoms with Crippen molar-refractivity contribution in [1.82, 2.24) is 0 Å². The zero-order valence-corrected chi connectivity index (χ0v) is 37.7. The van der Waals surface area contributed by atoms with Crippen LogP contribution in [0.3, 0.4) is 0 Å². The van der Waals surface area contributed by atoms with Gasteiger partial charge in [-0.2, -0.15) is 0 Å². The molecule has 0 unspecified atom stereocenters. The van der Waals surface area contributed by atoms with Crippen LogP contribution in [0, 0.1) is 0 Å². The summed E-state index contributed by atoms with van der Waals surface area (Å²) in [5.74, 6) is 0.605. The molecule has 0 aromatic heterocycles. The van der Waals surface area contributed by atoms with Gasteiger partial charge in [-0.1, -0.05) is 79.4 Å². The molecule has 4 aromatic carbocycles. The van der Waals surface area contributed by atoms with Gasteiger partial charge in [-0.3, -0.25) is 0 Å². The van der Waals surface area contributed by atoms with E-state index in [2.05, 4.69) is 162 Å². The minimum atomic E-state index is -0.810. The molecule has 4 heterocycles. The molecule has 4 aliphatic heterocycles. The van der Waals surface area contributed by atoms with Crippen LogP contribution in [0.4, 0.5) is 0 Å². The molecule has 12 heteroatoms. The monoisotopic (exact) mass is 804 g/mol. The van der Waals surface area contributed by atoms with Gasteiger partial charge in [-0.15, -0.1) is 0 Å². The minimum absolute atomic E-state index is 0.507. The molecule has 60 heavy (non-hydrogen) atoms. The Bertz CT molecular complexity index is 2320. The second kappa shape index (κ2) is 12.3. The summed E-state index contributed by atoms with van der Waals surface area (Å²) in [6.07, 6.45) is 0. The molecule has 10 rings (SSSR count). The van der Waals surface area contributed by atoms with Crippen LogP contribution in [-0.2, 0) is 42.6 Å². The van der Waals surface area contributed by atoms with Crippen LogP contribution in [0.5, 0.6) is 0 Å². The van der Waals surface area contributed by atoms with Crippen molar-refractivity contribution in [2.45, 2.75) is 142 Å². The Balaban J connectivity index is 1.24. The highest BCUT2D eigenvalue weighted by atomic mass is 16.7. The number of hydrogen-bond acceptors (Lipinski definition) is 8. The summed E-state index contributed by atoms with van der Waals surface area (Å²) < 4.78 is 53.2. The fraction of sp³-hybridized carbons (Fsp3) is 0.458. The molecule has 8 nitrogen and oxygen atoms in total. The quantitative estimate of drug-likeness (QED) is 0.177. The smallest absolute Gasteiger partial charge is 0.534 e. The Kier molecular flexibility index (Phi) is 8.30. The fourth-order valence-corrected chi connectivity index (χ4v) is 9.59. The SMILES string of the molecule is C=C1OB(c2ccc3c(c2)C2(c4cc(B5OC(C)(C)C(C)(C)O5)ccc4-3)c3cc(B4OC(C)(C)C(C)(C)O4)ccc3-c3ccc(B4OC(C)(C)C(C)(C)O4)cc32)OC1(C)C. The largest absolute Gasteiger partial charge is 0.563 e. The Labute approximate surface area is 357 Å². The van der Waals surface area contributed by atoms with E-state index in [4.69, 9.17) is 37.2 Å². The molecule has 2 aliphatic carbocycles. The first-order valence-corrected chi connectivity index (χ1v) is 21.5. The molecule has 4 fully saturated rings. The molecule has 0 radical (unpaired) electrons. The Morgan fingerprint density at radius 2 is 0.600 bits per heavy atom. The van der Waals surface area contributed by atoms with Gasteiger partial charge < -0.3 is 37.2 Å². The van der Waals surface area contributed by atoms with Gasteiger partial charge in [-0.25, -0.2) is 0 Å². The predicted molar refractivity (Wildman–Crippen MR) is 241 cm³/mol. The van der Waals surface area contributed by atoms with Gasteiger partial charge in [0.2, 0.25) is 0 Å². The van der Waals surface area contributed by atoms with Crippen molar-refractivity contribution in [2.24, 2.45) is 0 Å². The van der Waals surface area contributed by atoms with Gasteiger partial charge in [0.1, 0.15) is 5.60 Å². The third-order valence-electron chi connectivity index (χ3n) is 15.5. The summed E-state index contributed by atoms with van der Waals surface area (Å²) in [6.45, 7) is 33.4. The molecule has 308 valence electrons. The lowest BCUT2D eigenvalue weighted by atomic mass is 9.65. The van der Waals surface area contributed by atoms with E-state index in [1.165, 1.54) is 0 Å². The van der Waals surface area contributed by atoms with E-state index >= 15 is 0 Å². The van der Waals surface area contributed by atoms with E-state index in [1.807, 2.05) is 13.8 Å². The van der Waals surface area contributed by atoms with E-state index in [9.17, 15) is 0 Å². The molecule has 1 spiro atoms. The van der Waals surface area contributed by atoms with E-state index in [-0.39, 0.29) is 0 Å². The standard InChI is InChI=1S/C48H56B4O8/c1-28-41(2,3)54-49(53-28)29-16-20-33-34-21-17-30(50-55-42(4,5)43(6,7)56-50)25-38(34)48(37(33)24-29)39-26-31(51-57-44(8,9)45(10,11)58-51)18-22-35(39)36-23-19-32(27-40(36)48)52-59-46(12,13)47(14,15)60-52/h16-27H,1H2,2-15H3. The molecular formula is C48H56B4O8. The molecule has 0 bridgehead atoms. The van der Waals surface area contributed by atoms with Crippen molar-refractivity contribution in [3.8, 4) is 22.3 Å². The third-order valence-corrected chi connectivity index (χ3v) is 15.5. The maximum Gasteiger partial charge on any atom is 0.563 e. The van der Waals surface area contributed by atoms with Crippen LogP contribution in [0.2, 0.25) is 0 Å². The van der Waals surface area contributed by atoms with Crippen molar-refractivity contribution >= 4 is 50.3 Å². The number of benzene rings is 4. The zero-order chi connectivity index (χ0) is 43.0. The van der Waals surface area contributed by atoms with E-state index < -0.39 is 73.1 Å². The zero-order valence-electron chi connectivity index (χ0n) is 37.7. The van der Waals surface area contributed by atoms with Crippen LogP contribution in [0.15, 0.2) is 85.1 Å². The van der Waals surface area contributed by atoms with Crippen molar-refractivity contribution in [1.29, 1.82) is 0 Å². The molecular weight excluding hydrogens is 748 g/mol.